The van der Waals surface area contributed by atoms with Gasteiger partial charge in [0.2, 0.25) is 5.91 Å². The number of methoxy groups -OCH3 is 2. The number of para-hydroxylation sites is 1. The molecule has 3 rings (SSSR count). The number of nitrogens with zero attached hydrogens (tertiary/aromatic N) is 1. The van der Waals surface area contributed by atoms with E-state index in [1.54, 1.807) is 30.3 Å². The molecule has 184 valence electrons. The summed E-state index contributed by atoms with van der Waals surface area (Å²) < 4.78 is 58.2. The number of carbonyl (C=O) groups excluding carboxylic acids is 1. The lowest BCUT2D eigenvalue weighted by Crippen LogP contribution is -2.38. The van der Waals surface area contributed by atoms with E-state index in [0.29, 0.717) is 28.1 Å². The molecule has 3 aromatic rings. The van der Waals surface area contributed by atoms with E-state index in [2.05, 4.69) is 11.9 Å². The number of sulfonamides is 1. The second-order valence-corrected chi connectivity index (χ2v) is 9.01. The van der Waals surface area contributed by atoms with E-state index in [1.165, 1.54) is 50.6 Å². The normalized spacial score (nSPS) is 10.8. The maximum Gasteiger partial charge on any atom is 0.265 e. The van der Waals surface area contributed by atoms with Crippen LogP contribution in [0.2, 0.25) is 0 Å². The van der Waals surface area contributed by atoms with Crippen molar-refractivity contribution in [3.05, 3.63) is 85.2 Å². The molecule has 1 N–H and O–H groups in total. The fourth-order valence-corrected chi connectivity index (χ4v) is 4.62. The van der Waals surface area contributed by atoms with Gasteiger partial charge in [-0.15, -0.1) is 0 Å². The minimum atomic E-state index is -4.37. The predicted molar refractivity (Wildman–Crippen MR) is 131 cm³/mol. The molecule has 0 fully saturated rings. The summed E-state index contributed by atoms with van der Waals surface area (Å²) in [5, 5.41) is 2.62. The number of rotatable bonds is 11. The molecule has 0 saturated carbocycles. The van der Waals surface area contributed by atoms with E-state index < -0.39 is 28.3 Å². The van der Waals surface area contributed by atoms with E-state index in [4.69, 9.17) is 14.2 Å². The molecule has 35 heavy (non-hydrogen) atoms. The summed E-state index contributed by atoms with van der Waals surface area (Å²) in [6.07, 6.45) is 1.60. The van der Waals surface area contributed by atoms with Gasteiger partial charge in [0.05, 0.1) is 24.8 Å². The first-order valence-corrected chi connectivity index (χ1v) is 11.9. The quantitative estimate of drug-likeness (QED) is 0.396. The monoisotopic (exact) mass is 500 g/mol. The van der Waals surface area contributed by atoms with Crippen molar-refractivity contribution in [1.29, 1.82) is 0 Å². The first kappa shape index (κ1) is 25.6. The average Bonchev–Trinajstić information content (AvgIpc) is 2.86. The van der Waals surface area contributed by atoms with E-state index in [0.717, 1.165) is 6.07 Å². The summed E-state index contributed by atoms with van der Waals surface area (Å²) in [4.78, 5) is 12.6. The molecular weight excluding hydrogens is 475 g/mol. The van der Waals surface area contributed by atoms with Crippen molar-refractivity contribution in [2.24, 2.45) is 0 Å². The number of halogens is 1. The molecule has 0 aliphatic rings. The van der Waals surface area contributed by atoms with Crippen LogP contribution in [0.1, 0.15) is 0 Å². The Labute approximate surface area is 203 Å². The summed E-state index contributed by atoms with van der Waals surface area (Å²) in [6.45, 7) is 3.23. The van der Waals surface area contributed by atoms with Crippen molar-refractivity contribution >= 4 is 27.3 Å². The first-order chi connectivity index (χ1) is 16.8. The topological polar surface area (TPSA) is 94.2 Å². The van der Waals surface area contributed by atoms with Crippen LogP contribution in [0.5, 0.6) is 17.2 Å². The number of amides is 1. The molecule has 0 aliphatic carbocycles. The highest BCUT2D eigenvalue weighted by atomic mass is 32.2. The number of carbonyl (C=O) groups is 1. The number of hydrogen-bond acceptors (Lipinski definition) is 6. The standard InChI is InChI=1S/C25H25FN2O6S/c1-4-15-34-19-11-9-18(10-12-19)27-25(29)17-28(22-8-6-5-7-21(22)26)35(30,31)20-13-14-23(32-2)24(16-20)33-3/h4-14,16H,1,15,17H2,2-3H3,(H,27,29). The molecule has 0 aromatic heterocycles. The van der Waals surface area contributed by atoms with Crippen LogP contribution in [-0.2, 0) is 14.8 Å². The smallest absolute Gasteiger partial charge is 0.265 e. The van der Waals surface area contributed by atoms with E-state index in [9.17, 15) is 17.6 Å². The van der Waals surface area contributed by atoms with Gasteiger partial charge in [-0.05, 0) is 48.5 Å². The number of benzene rings is 3. The largest absolute Gasteiger partial charge is 0.493 e. The summed E-state index contributed by atoms with van der Waals surface area (Å²) >= 11 is 0. The molecule has 3 aromatic carbocycles. The SMILES string of the molecule is C=CCOc1ccc(NC(=O)CN(c2ccccc2F)S(=O)(=O)c2ccc(OC)c(OC)c2)cc1. The Kier molecular flexibility index (Phi) is 8.32. The molecule has 0 saturated heterocycles. The van der Waals surface area contributed by atoms with Crippen LogP contribution < -0.4 is 23.8 Å². The minimum Gasteiger partial charge on any atom is -0.493 e. The highest BCUT2D eigenvalue weighted by Crippen LogP contribution is 2.33. The van der Waals surface area contributed by atoms with E-state index in [-0.39, 0.29) is 16.3 Å². The number of nitrogens with one attached hydrogen (secondary N) is 1. The fourth-order valence-electron chi connectivity index (χ4n) is 3.18. The Morgan fingerprint density at radius 2 is 1.71 bits per heavy atom. The number of hydrogen-bond donors (Lipinski definition) is 1. The Balaban J connectivity index is 1.91. The molecule has 0 aliphatic heterocycles. The zero-order valence-electron chi connectivity index (χ0n) is 19.2. The molecule has 8 nitrogen and oxygen atoms in total. The third-order valence-corrected chi connectivity index (χ3v) is 6.61. The summed E-state index contributed by atoms with van der Waals surface area (Å²) in [5.74, 6) is -0.399. The van der Waals surface area contributed by atoms with E-state index in [1.807, 2.05) is 0 Å². The average molecular weight is 501 g/mol. The molecule has 0 heterocycles. The van der Waals surface area contributed by atoms with Gasteiger partial charge in [-0.2, -0.15) is 0 Å². The lowest BCUT2D eigenvalue weighted by atomic mass is 10.3. The highest BCUT2D eigenvalue weighted by molar-refractivity contribution is 7.92. The molecular formula is C25H25FN2O6S. The van der Waals surface area contributed by atoms with Gasteiger partial charge in [-0.3, -0.25) is 9.10 Å². The molecule has 0 spiro atoms. The van der Waals surface area contributed by atoms with Gasteiger partial charge in [0, 0.05) is 11.8 Å². The van der Waals surface area contributed by atoms with Crippen LogP contribution in [0.3, 0.4) is 0 Å². The first-order valence-electron chi connectivity index (χ1n) is 10.4. The number of anilines is 2. The Bertz CT molecular complexity index is 1300. The zero-order valence-corrected chi connectivity index (χ0v) is 20.0. The van der Waals surface area contributed by atoms with E-state index >= 15 is 0 Å². The fraction of sp³-hybridized carbons (Fsp3) is 0.160. The lowest BCUT2D eigenvalue weighted by Gasteiger charge is -2.25. The van der Waals surface area contributed by atoms with Gasteiger partial charge in [0.25, 0.3) is 10.0 Å². The Morgan fingerprint density at radius 1 is 1.03 bits per heavy atom. The van der Waals surface area contributed by atoms with Crippen LogP contribution in [-0.4, -0.2) is 41.7 Å². The molecule has 0 bridgehead atoms. The molecule has 0 radical (unpaired) electrons. The third kappa shape index (κ3) is 6.10. The van der Waals surface area contributed by atoms with Gasteiger partial charge in [0.15, 0.2) is 11.5 Å². The number of ether oxygens (including phenoxy) is 3. The van der Waals surface area contributed by atoms with Gasteiger partial charge in [-0.25, -0.2) is 12.8 Å². The summed E-state index contributed by atoms with van der Waals surface area (Å²) in [7, 11) is -1.59. The zero-order chi connectivity index (χ0) is 25.4. The predicted octanol–water partition coefficient (Wildman–Crippen LogP) is 4.24. The van der Waals surface area contributed by atoms with Gasteiger partial charge >= 0.3 is 0 Å². The van der Waals surface area contributed by atoms with Gasteiger partial charge in [0.1, 0.15) is 24.7 Å². The molecule has 0 atom stereocenters. The van der Waals surface area contributed by atoms with Crippen molar-refractivity contribution < 1.29 is 31.8 Å². The van der Waals surface area contributed by atoms with Crippen LogP contribution >= 0.6 is 0 Å². The second-order valence-electron chi connectivity index (χ2n) is 7.15. The lowest BCUT2D eigenvalue weighted by molar-refractivity contribution is -0.114. The van der Waals surface area contributed by atoms with Crippen molar-refractivity contribution in [3.63, 3.8) is 0 Å². The second kappa shape index (κ2) is 11.4. The third-order valence-electron chi connectivity index (χ3n) is 4.86. The van der Waals surface area contributed by atoms with Crippen molar-refractivity contribution in [3.8, 4) is 17.2 Å². The van der Waals surface area contributed by atoms with Crippen molar-refractivity contribution in [2.75, 3.05) is 37.0 Å². The maximum absolute atomic E-state index is 14.7. The summed E-state index contributed by atoms with van der Waals surface area (Å²) in [5.41, 5.74) is 0.142. The van der Waals surface area contributed by atoms with Crippen molar-refractivity contribution in [1.82, 2.24) is 0 Å². The maximum atomic E-state index is 14.7. The van der Waals surface area contributed by atoms with Crippen LogP contribution in [0.4, 0.5) is 15.8 Å². The van der Waals surface area contributed by atoms with Gasteiger partial charge < -0.3 is 19.5 Å². The summed E-state index contributed by atoms with van der Waals surface area (Å²) in [6, 6.07) is 15.8. The Hall–Kier alpha value is -4.05. The molecule has 0 unspecified atom stereocenters. The van der Waals surface area contributed by atoms with Crippen LogP contribution in [0.15, 0.2) is 84.3 Å². The van der Waals surface area contributed by atoms with Gasteiger partial charge in [-0.1, -0.05) is 24.8 Å². The molecule has 10 heteroatoms. The minimum absolute atomic E-state index is 0.172. The van der Waals surface area contributed by atoms with Crippen LogP contribution in [0, 0.1) is 5.82 Å². The highest BCUT2D eigenvalue weighted by Gasteiger charge is 2.30. The van der Waals surface area contributed by atoms with Crippen LogP contribution in [0.25, 0.3) is 0 Å². The van der Waals surface area contributed by atoms with Crippen molar-refractivity contribution in [2.45, 2.75) is 4.90 Å². The Morgan fingerprint density at radius 3 is 2.34 bits per heavy atom. The molecule has 1 amide bonds.